The molecule has 6 heteroatoms. The molecule has 4 aromatic rings. The van der Waals surface area contributed by atoms with E-state index in [-0.39, 0.29) is 0 Å². The number of aryl methyl sites for hydroxylation is 1. The smallest absolute Gasteiger partial charge is 0.258 e. The number of thiophene rings is 1. The van der Waals surface area contributed by atoms with E-state index < -0.39 is 0 Å². The zero-order valence-electron chi connectivity index (χ0n) is 15.5. The van der Waals surface area contributed by atoms with Crippen LogP contribution in [0.15, 0.2) is 56.7 Å². The first-order chi connectivity index (χ1) is 13.7. The van der Waals surface area contributed by atoms with Gasteiger partial charge in [-0.3, -0.25) is 4.99 Å². The molecule has 0 bridgehead atoms. The number of aromatic nitrogens is 2. The molecule has 0 fully saturated rings. The summed E-state index contributed by atoms with van der Waals surface area (Å²) in [5.74, 6) is 1.82. The Morgan fingerprint density at radius 1 is 1.04 bits per heavy atom. The Hall–Kier alpha value is -3.25. The number of benzene rings is 2. The van der Waals surface area contributed by atoms with Gasteiger partial charge in [-0.15, -0.1) is 0 Å². The third kappa shape index (κ3) is 2.82. The van der Waals surface area contributed by atoms with E-state index in [1.807, 2.05) is 36.5 Å². The van der Waals surface area contributed by atoms with Gasteiger partial charge in [0.25, 0.3) is 5.89 Å². The van der Waals surface area contributed by atoms with Gasteiger partial charge in [-0.1, -0.05) is 17.3 Å². The largest absolute Gasteiger partial charge is 0.496 e. The van der Waals surface area contributed by atoms with Crippen LogP contribution in [0.25, 0.3) is 34.0 Å². The number of fused-ring (bicyclic) bond motifs is 1. The molecule has 5 rings (SSSR count). The van der Waals surface area contributed by atoms with Crippen LogP contribution in [0.4, 0.5) is 0 Å². The maximum atomic E-state index is 5.63. The van der Waals surface area contributed by atoms with E-state index in [4.69, 9.17) is 9.26 Å². The Kier molecular flexibility index (Phi) is 4.06. The van der Waals surface area contributed by atoms with Gasteiger partial charge in [-0.05, 0) is 64.2 Å². The number of ether oxygens (including phenoxy) is 1. The third-order valence-corrected chi connectivity index (χ3v) is 5.78. The second kappa shape index (κ2) is 6.73. The molecule has 1 aliphatic rings. The highest BCUT2D eigenvalue weighted by Gasteiger charge is 2.16. The summed E-state index contributed by atoms with van der Waals surface area (Å²) in [6, 6.07) is 12.1. The van der Waals surface area contributed by atoms with E-state index in [0.717, 1.165) is 34.5 Å². The molecule has 0 amide bonds. The second-order valence-corrected chi connectivity index (χ2v) is 7.43. The van der Waals surface area contributed by atoms with E-state index >= 15 is 0 Å². The summed E-state index contributed by atoms with van der Waals surface area (Å²) < 4.78 is 11.2. The number of rotatable bonds is 4. The number of nitrogens with zero attached hydrogens (tertiary/aromatic N) is 3. The Labute approximate surface area is 166 Å². The third-order valence-electron chi connectivity index (χ3n) is 4.92. The van der Waals surface area contributed by atoms with Crippen LogP contribution in [-0.2, 0) is 6.54 Å². The summed E-state index contributed by atoms with van der Waals surface area (Å²) in [6.45, 7) is 2.84. The summed E-state index contributed by atoms with van der Waals surface area (Å²) in [5, 5.41) is 8.43. The van der Waals surface area contributed by atoms with E-state index in [0.29, 0.717) is 11.7 Å². The topological polar surface area (TPSA) is 60.5 Å². The lowest BCUT2D eigenvalue weighted by Gasteiger charge is -2.09. The number of hydrogen-bond acceptors (Lipinski definition) is 6. The predicted molar refractivity (Wildman–Crippen MR) is 111 cm³/mol. The standard InChI is InChI=1S/C22H17N3O2S/c1-13-11-28-12-19(13)18-6-5-15(8-20(18)26-2)22-24-21(25-27-22)14-3-4-16-9-23-10-17(16)7-14/h3-8,10-12H,9H2,1-2H3. The van der Waals surface area contributed by atoms with Crippen LogP contribution in [-0.4, -0.2) is 23.5 Å². The van der Waals surface area contributed by atoms with Crippen LogP contribution < -0.4 is 4.74 Å². The van der Waals surface area contributed by atoms with Gasteiger partial charge in [0.2, 0.25) is 5.82 Å². The predicted octanol–water partition coefficient (Wildman–Crippen LogP) is 5.38. The molecule has 3 heterocycles. The molecule has 0 saturated carbocycles. The Bertz CT molecular complexity index is 1210. The summed E-state index contributed by atoms with van der Waals surface area (Å²) in [6.07, 6.45) is 1.88. The van der Waals surface area contributed by atoms with Gasteiger partial charge >= 0.3 is 0 Å². The molecule has 0 radical (unpaired) electrons. The molecule has 5 nitrogen and oxygen atoms in total. The maximum Gasteiger partial charge on any atom is 0.258 e. The SMILES string of the molecule is COc1cc(-c2nc(-c3ccc4c(c3)C=NC4)no2)ccc1-c1cscc1C. The lowest BCUT2D eigenvalue weighted by molar-refractivity contribution is 0.414. The number of methoxy groups -OCH3 is 1. The van der Waals surface area contributed by atoms with Gasteiger partial charge in [0, 0.05) is 22.9 Å². The van der Waals surface area contributed by atoms with Crippen LogP contribution in [0.3, 0.4) is 0 Å². The maximum absolute atomic E-state index is 5.63. The van der Waals surface area contributed by atoms with Gasteiger partial charge in [0.1, 0.15) is 5.75 Å². The Morgan fingerprint density at radius 2 is 1.93 bits per heavy atom. The van der Waals surface area contributed by atoms with Crippen LogP contribution >= 0.6 is 11.3 Å². The van der Waals surface area contributed by atoms with Crippen LogP contribution in [0.1, 0.15) is 16.7 Å². The quantitative estimate of drug-likeness (QED) is 0.471. The van der Waals surface area contributed by atoms with E-state index in [9.17, 15) is 0 Å². The Morgan fingerprint density at radius 3 is 2.75 bits per heavy atom. The van der Waals surface area contributed by atoms with Gasteiger partial charge in [0.05, 0.1) is 13.7 Å². The lowest BCUT2D eigenvalue weighted by Crippen LogP contribution is -1.90. The van der Waals surface area contributed by atoms with E-state index in [2.05, 4.69) is 38.9 Å². The summed E-state index contributed by atoms with van der Waals surface area (Å²) in [5.41, 5.74) is 7.55. The monoisotopic (exact) mass is 387 g/mol. The summed E-state index contributed by atoms with van der Waals surface area (Å²) in [7, 11) is 1.68. The molecule has 0 saturated heterocycles. The lowest BCUT2D eigenvalue weighted by atomic mass is 10.0. The fourth-order valence-electron chi connectivity index (χ4n) is 3.38. The number of aliphatic imine (C=N–C) groups is 1. The molecule has 28 heavy (non-hydrogen) atoms. The van der Waals surface area contributed by atoms with Gasteiger partial charge < -0.3 is 9.26 Å². The highest BCUT2D eigenvalue weighted by molar-refractivity contribution is 7.08. The zero-order chi connectivity index (χ0) is 19.1. The van der Waals surface area contributed by atoms with Crippen LogP contribution in [0.5, 0.6) is 5.75 Å². The highest BCUT2D eigenvalue weighted by Crippen LogP contribution is 2.37. The van der Waals surface area contributed by atoms with Crippen LogP contribution in [0.2, 0.25) is 0 Å². The van der Waals surface area contributed by atoms with Crippen molar-refractivity contribution in [3.8, 4) is 39.7 Å². The molecule has 0 atom stereocenters. The van der Waals surface area contributed by atoms with Gasteiger partial charge in [0.15, 0.2) is 0 Å². The van der Waals surface area contributed by atoms with Crippen molar-refractivity contribution in [1.82, 2.24) is 10.1 Å². The molecule has 2 aromatic heterocycles. The van der Waals surface area contributed by atoms with Crippen LogP contribution in [0, 0.1) is 6.92 Å². The molecule has 0 aliphatic carbocycles. The van der Waals surface area contributed by atoms with Crippen molar-refractivity contribution in [1.29, 1.82) is 0 Å². The molecule has 0 unspecified atom stereocenters. The van der Waals surface area contributed by atoms with Crippen molar-refractivity contribution in [3.05, 3.63) is 63.8 Å². The second-order valence-electron chi connectivity index (χ2n) is 6.69. The summed E-state index contributed by atoms with van der Waals surface area (Å²) in [4.78, 5) is 8.88. The molecular weight excluding hydrogens is 370 g/mol. The van der Waals surface area contributed by atoms with Crippen molar-refractivity contribution < 1.29 is 9.26 Å². The molecule has 138 valence electrons. The van der Waals surface area contributed by atoms with Crippen molar-refractivity contribution in [2.75, 3.05) is 7.11 Å². The van der Waals surface area contributed by atoms with E-state index in [1.165, 1.54) is 16.7 Å². The zero-order valence-corrected chi connectivity index (χ0v) is 16.3. The number of hydrogen-bond donors (Lipinski definition) is 0. The Balaban J connectivity index is 1.50. The van der Waals surface area contributed by atoms with Crippen molar-refractivity contribution in [2.24, 2.45) is 4.99 Å². The molecule has 0 spiro atoms. The highest BCUT2D eigenvalue weighted by atomic mass is 32.1. The molecule has 2 aromatic carbocycles. The van der Waals surface area contributed by atoms with E-state index in [1.54, 1.807) is 18.4 Å². The van der Waals surface area contributed by atoms with Gasteiger partial charge in [-0.2, -0.15) is 16.3 Å². The first kappa shape index (κ1) is 16.9. The van der Waals surface area contributed by atoms with Crippen molar-refractivity contribution >= 4 is 17.6 Å². The minimum Gasteiger partial charge on any atom is -0.496 e. The molecular formula is C22H17N3O2S. The minimum absolute atomic E-state index is 0.469. The average molecular weight is 387 g/mol. The van der Waals surface area contributed by atoms with Crippen molar-refractivity contribution in [3.63, 3.8) is 0 Å². The first-order valence-corrected chi connectivity index (χ1v) is 9.85. The first-order valence-electron chi connectivity index (χ1n) is 8.91. The fourth-order valence-corrected chi connectivity index (χ4v) is 4.23. The molecule has 1 aliphatic heterocycles. The van der Waals surface area contributed by atoms with Gasteiger partial charge in [-0.25, -0.2) is 0 Å². The minimum atomic E-state index is 0.469. The average Bonchev–Trinajstić information content (AvgIpc) is 3.47. The molecule has 0 N–H and O–H groups in total. The normalized spacial score (nSPS) is 12.4. The summed E-state index contributed by atoms with van der Waals surface area (Å²) >= 11 is 1.68. The van der Waals surface area contributed by atoms with Crippen molar-refractivity contribution in [2.45, 2.75) is 13.5 Å². The fraction of sp³-hybridized carbons (Fsp3) is 0.136.